The van der Waals surface area contributed by atoms with Gasteiger partial charge in [-0.05, 0) is 43.4 Å². The Morgan fingerprint density at radius 3 is 2.06 bits per heavy atom. The molecular weight excluding hydrogens is 528 g/mol. The van der Waals surface area contributed by atoms with Gasteiger partial charge in [-0.25, -0.2) is 11.5 Å². The molecule has 1 aliphatic heterocycles. The van der Waals surface area contributed by atoms with E-state index in [1.165, 1.54) is 56.9 Å². The van der Waals surface area contributed by atoms with Crippen LogP contribution >= 0.6 is 19.1 Å². The van der Waals surface area contributed by atoms with Gasteiger partial charge < -0.3 is 9.58 Å². The number of halogens is 2. The average molecular weight is 561 g/mol. The summed E-state index contributed by atoms with van der Waals surface area (Å²) in [6.45, 7) is 9.80. The maximum absolute atomic E-state index is 6.72. The van der Waals surface area contributed by atoms with Crippen molar-refractivity contribution in [2.24, 2.45) is 0 Å². The third-order valence-electron chi connectivity index (χ3n) is 6.04. The third kappa shape index (κ3) is 8.83. The molecule has 2 saturated carbocycles. The molecule has 1 atom stereocenters. The molecule has 0 N–H and O–H groups in total. The van der Waals surface area contributed by atoms with E-state index in [0.717, 1.165) is 18.6 Å². The molecule has 0 bridgehead atoms. The van der Waals surface area contributed by atoms with Gasteiger partial charge in [-0.2, -0.15) is 5.06 Å². The van der Waals surface area contributed by atoms with Crippen molar-refractivity contribution < 1.29 is 25.5 Å². The Labute approximate surface area is 204 Å². The summed E-state index contributed by atoms with van der Waals surface area (Å²) in [7, 11) is 13.3. The number of benzene rings is 1. The van der Waals surface area contributed by atoms with Crippen LogP contribution in [0.3, 0.4) is 0 Å². The second kappa shape index (κ2) is 15.5. The molecule has 0 spiro atoms. The van der Waals surface area contributed by atoms with Gasteiger partial charge in [0, 0.05) is 25.9 Å². The summed E-state index contributed by atoms with van der Waals surface area (Å²) < 4.78 is 5.23. The zero-order valence-electron chi connectivity index (χ0n) is 18.3. The van der Waals surface area contributed by atoms with E-state index < -0.39 is 0 Å². The van der Waals surface area contributed by atoms with Gasteiger partial charge in [-0.15, -0.1) is 0 Å². The van der Waals surface area contributed by atoms with E-state index in [4.69, 9.17) is 35.2 Å². The van der Waals surface area contributed by atoms with Crippen molar-refractivity contribution in [1.29, 1.82) is 0 Å². The fraction of sp³-hybridized carbons (Fsp3) is 0.652. The van der Waals surface area contributed by atoms with Gasteiger partial charge in [-0.1, -0.05) is 37.8 Å². The number of rotatable bonds is 3. The van der Waals surface area contributed by atoms with E-state index in [9.17, 15) is 0 Å². The van der Waals surface area contributed by atoms with Crippen LogP contribution < -0.4 is 4.74 Å². The number of methoxy groups -OCH3 is 1. The van der Waals surface area contributed by atoms with Crippen molar-refractivity contribution in [3.63, 3.8) is 0 Å². The molecule has 1 aromatic rings. The van der Waals surface area contributed by atoms with Gasteiger partial charge in [0.05, 0.1) is 7.11 Å². The van der Waals surface area contributed by atoms with E-state index in [1.54, 1.807) is 7.11 Å². The molecule has 1 heterocycles. The van der Waals surface area contributed by atoms with Crippen LogP contribution in [0.1, 0.15) is 75.9 Å². The maximum atomic E-state index is 6.72. The molecular formula is C23H33Cl2N3O2Pd. The average Bonchev–Trinajstić information content (AvgIpc) is 3.22. The number of hydrogen-bond acceptors (Lipinski definition) is 4. The molecule has 5 nitrogen and oxygen atoms in total. The van der Waals surface area contributed by atoms with E-state index >= 15 is 0 Å². The summed E-state index contributed by atoms with van der Waals surface area (Å²) in [4.78, 5) is 11.3. The van der Waals surface area contributed by atoms with Crippen molar-refractivity contribution in [1.82, 2.24) is 9.96 Å². The monoisotopic (exact) mass is 559 g/mol. The Kier molecular flexibility index (Phi) is 13.4. The fourth-order valence-corrected chi connectivity index (χ4v) is 4.38. The van der Waals surface area contributed by atoms with Crippen LogP contribution in [0.5, 0.6) is 5.75 Å². The summed E-state index contributed by atoms with van der Waals surface area (Å²) >= 11 is -0.106. The summed E-state index contributed by atoms with van der Waals surface area (Å²) in [6.07, 6.45) is 12.8. The molecule has 1 aromatic carbocycles. The standard InChI is InChI=1S/C16H22N2O2.C7H11N.2ClH.Pd/c1-17-16(13-8-10-15(19-2)11-9-13)18(12-20-17)14-6-4-3-5-7-14;1-8-7-5-3-2-4-6-7;;;/h8-11,14,16H,3-7H2,1-2H3;7H,2-6H2;2*1H;/q;;;;+2/p-2. The zero-order chi connectivity index (χ0) is 22.5. The number of hydrogen-bond donors (Lipinski definition) is 0. The number of ether oxygens (including phenoxy) is 1. The van der Waals surface area contributed by atoms with Crippen molar-refractivity contribution >= 4 is 19.1 Å². The third-order valence-corrected chi connectivity index (χ3v) is 6.04. The molecule has 3 aliphatic rings. The second-order valence-corrected chi connectivity index (χ2v) is 10.4. The summed E-state index contributed by atoms with van der Waals surface area (Å²) in [5.41, 5.74) is 1.21. The van der Waals surface area contributed by atoms with Crippen LogP contribution in [-0.2, 0) is 20.8 Å². The Morgan fingerprint density at radius 2 is 1.58 bits per heavy atom. The van der Waals surface area contributed by atoms with Gasteiger partial charge in [-0.3, -0.25) is 4.84 Å². The minimum absolute atomic E-state index is 0.106. The van der Waals surface area contributed by atoms with Crippen molar-refractivity contribution in [3.8, 4) is 5.75 Å². The zero-order valence-corrected chi connectivity index (χ0v) is 21.4. The Hall–Kier alpha value is -0.368. The van der Waals surface area contributed by atoms with Crippen LogP contribution in [0.4, 0.5) is 0 Å². The second-order valence-electron chi connectivity index (χ2n) is 8.04. The van der Waals surface area contributed by atoms with Gasteiger partial charge in [0.2, 0.25) is 12.8 Å². The predicted molar refractivity (Wildman–Crippen MR) is 122 cm³/mol. The van der Waals surface area contributed by atoms with Crippen LogP contribution in [0, 0.1) is 13.3 Å². The fourth-order valence-electron chi connectivity index (χ4n) is 4.38. The van der Waals surface area contributed by atoms with E-state index in [1.807, 2.05) is 24.2 Å². The Bertz CT molecular complexity index is 647. The Morgan fingerprint density at radius 1 is 1.03 bits per heavy atom. The van der Waals surface area contributed by atoms with Gasteiger partial charge in [0.1, 0.15) is 11.9 Å². The predicted octanol–water partition coefficient (Wildman–Crippen LogP) is 6.82. The molecule has 2 aliphatic carbocycles. The van der Waals surface area contributed by atoms with Gasteiger partial charge >= 0.3 is 35.0 Å². The first-order chi connectivity index (χ1) is 15.1. The molecule has 0 amide bonds. The van der Waals surface area contributed by atoms with Crippen molar-refractivity contribution in [3.05, 3.63) is 48.0 Å². The van der Waals surface area contributed by atoms with E-state index in [-0.39, 0.29) is 22.1 Å². The van der Waals surface area contributed by atoms with Gasteiger partial charge in [0.25, 0.3) is 0 Å². The molecule has 176 valence electrons. The Balaban J connectivity index is 0.000000258. The molecule has 8 heteroatoms. The first-order valence-electron chi connectivity index (χ1n) is 10.9. The van der Waals surface area contributed by atoms with Gasteiger partial charge in [0.15, 0.2) is 0 Å². The first kappa shape index (κ1) is 26.9. The molecule has 4 rings (SSSR count). The molecule has 1 unspecified atom stereocenters. The van der Waals surface area contributed by atoms with E-state index in [0.29, 0.717) is 12.1 Å². The molecule has 3 fully saturated rings. The molecule has 0 aromatic heterocycles. The normalized spacial score (nSPS) is 23.3. The summed E-state index contributed by atoms with van der Waals surface area (Å²) in [6, 6.07) is 9.13. The van der Waals surface area contributed by atoms with Crippen molar-refractivity contribution in [2.75, 3.05) is 14.2 Å². The van der Waals surface area contributed by atoms with Crippen LogP contribution in [0.2, 0.25) is 0 Å². The molecule has 2 radical (unpaired) electrons. The number of nitrogens with zero attached hydrogens (tertiary/aromatic N) is 3. The van der Waals surface area contributed by atoms with Crippen LogP contribution in [-0.4, -0.2) is 36.2 Å². The summed E-state index contributed by atoms with van der Waals surface area (Å²) in [5.74, 6) is 0.882. The number of hydroxylamine groups is 2. The van der Waals surface area contributed by atoms with Crippen LogP contribution in [0.15, 0.2) is 24.3 Å². The molecule has 31 heavy (non-hydrogen) atoms. The molecule has 1 saturated heterocycles. The van der Waals surface area contributed by atoms with E-state index in [2.05, 4.69) is 28.6 Å². The van der Waals surface area contributed by atoms with Crippen molar-refractivity contribution in [2.45, 2.75) is 82.5 Å². The topological polar surface area (TPSA) is 29.3 Å². The van der Waals surface area contributed by atoms with Crippen LogP contribution in [0.25, 0.3) is 4.85 Å². The first-order valence-corrected chi connectivity index (χ1v) is 14.9. The minimum atomic E-state index is -0.106. The SMILES string of the molecule is COc1ccc(C2N(C)O[C]N2C2CCCCC2)cc1.[C-]#[N+]C1CCCCC1.[Cl][Pd][Cl]. The quantitative estimate of drug-likeness (QED) is 0.300. The summed E-state index contributed by atoms with van der Waals surface area (Å²) in [5, 5.41) is 1.87.